The number of carbonyl (C=O) groups is 2. The van der Waals surface area contributed by atoms with Crippen LogP contribution in [0.4, 0.5) is 11.4 Å². The van der Waals surface area contributed by atoms with E-state index in [4.69, 9.17) is 9.47 Å². The minimum atomic E-state index is -0.184. The number of anilines is 2. The van der Waals surface area contributed by atoms with Crippen LogP contribution in [0.15, 0.2) is 66.7 Å². The Bertz CT molecular complexity index is 1160. The fourth-order valence-corrected chi connectivity index (χ4v) is 3.82. The van der Waals surface area contributed by atoms with Gasteiger partial charge in [-0.1, -0.05) is 30.3 Å². The zero-order valence-electron chi connectivity index (χ0n) is 19.0. The van der Waals surface area contributed by atoms with Crippen LogP contribution in [-0.4, -0.2) is 31.6 Å². The molecule has 0 radical (unpaired) electrons. The van der Waals surface area contributed by atoms with E-state index in [1.807, 2.05) is 56.3 Å². The molecule has 4 rings (SSSR count). The summed E-state index contributed by atoms with van der Waals surface area (Å²) in [6.07, 6.45) is 1.61. The van der Waals surface area contributed by atoms with Gasteiger partial charge in [-0.05, 0) is 74.2 Å². The number of rotatable bonds is 8. The number of hydrogen-bond acceptors (Lipinski definition) is 4. The van der Waals surface area contributed by atoms with Crippen molar-refractivity contribution in [2.75, 3.05) is 30.0 Å². The number of nitrogens with one attached hydrogen (secondary N) is 1. The van der Waals surface area contributed by atoms with Crippen molar-refractivity contribution in [1.29, 1.82) is 0 Å². The largest absolute Gasteiger partial charge is 0.494 e. The van der Waals surface area contributed by atoms with Gasteiger partial charge in [0.2, 0.25) is 0 Å². The summed E-state index contributed by atoms with van der Waals surface area (Å²) in [7, 11) is 0. The first-order chi connectivity index (χ1) is 16.0. The Labute approximate surface area is 194 Å². The third kappa shape index (κ3) is 5.52. The second-order valence-corrected chi connectivity index (χ2v) is 8.16. The maximum absolute atomic E-state index is 12.7. The van der Waals surface area contributed by atoms with Crippen LogP contribution in [0.1, 0.15) is 34.3 Å². The normalized spacial score (nSPS) is 12.7. The predicted octanol–water partition coefficient (Wildman–Crippen LogP) is 5.14. The summed E-state index contributed by atoms with van der Waals surface area (Å²) in [6, 6.07) is 20.8. The molecule has 0 fully saturated rings. The number of unbranched alkanes of at least 4 members (excludes halogenated alkanes) is 1. The summed E-state index contributed by atoms with van der Waals surface area (Å²) < 4.78 is 11.4. The highest BCUT2D eigenvalue weighted by Crippen LogP contribution is 2.35. The lowest BCUT2D eigenvalue weighted by Gasteiger charge is -2.30. The summed E-state index contributed by atoms with van der Waals surface area (Å²) in [5.74, 6) is 1.22. The van der Waals surface area contributed by atoms with E-state index in [-0.39, 0.29) is 18.4 Å². The molecule has 2 amide bonds. The van der Waals surface area contributed by atoms with Crippen molar-refractivity contribution in [3.63, 3.8) is 0 Å². The second kappa shape index (κ2) is 10.2. The molecule has 0 unspecified atom stereocenters. The predicted molar refractivity (Wildman–Crippen MR) is 129 cm³/mol. The molecule has 1 aliphatic rings. The van der Waals surface area contributed by atoms with E-state index in [1.54, 1.807) is 29.2 Å². The van der Waals surface area contributed by atoms with Crippen molar-refractivity contribution in [2.24, 2.45) is 0 Å². The minimum absolute atomic E-state index is 0.0156. The molecule has 6 heteroatoms. The summed E-state index contributed by atoms with van der Waals surface area (Å²) in [5.41, 5.74) is 3.98. The highest BCUT2D eigenvalue weighted by Gasteiger charge is 2.25. The number of benzene rings is 3. The van der Waals surface area contributed by atoms with Crippen LogP contribution in [0.3, 0.4) is 0 Å². The number of carbonyl (C=O) groups excluding carboxylic acids is 2. The van der Waals surface area contributed by atoms with Gasteiger partial charge in [0, 0.05) is 17.8 Å². The van der Waals surface area contributed by atoms with Crippen molar-refractivity contribution in [3.8, 4) is 11.5 Å². The first kappa shape index (κ1) is 22.4. The molecule has 0 bridgehead atoms. The molecule has 33 heavy (non-hydrogen) atoms. The average Bonchev–Trinajstić information content (AvgIpc) is 2.80. The molecule has 0 atom stereocenters. The monoisotopic (exact) mass is 444 g/mol. The Kier molecular flexibility index (Phi) is 6.93. The molecule has 0 aliphatic carbocycles. The molecule has 1 N–H and O–H groups in total. The number of amides is 2. The summed E-state index contributed by atoms with van der Waals surface area (Å²) in [4.78, 5) is 27.0. The zero-order chi connectivity index (χ0) is 23.2. The second-order valence-electron chi connectivity index (χ2n) is 8.16. The van der Waals surface area contributed by atoms with E-state index in [9.17, 15) is 9.59 Å². The van der Waals surface area contributed by atoms with Crippen LogP contribution in [0.25, 0.3) is 0 Å². The van der Waals surface area contributed by atoms with E-state index in [0.29, 0.717) is 35.8 Å². The van der Waals surface area contributed by atoms with Crippen LogP contribution >= 0.6 is 0 Å². The quantitative estimate of drug-likeness (QED) is 0.489. The molecular weight excluding hydrogens is 416 g/mol. The van der Waals surface area contributed by atoms with Gasteiger partial charge in [0.05, 0.1) is 12.3 Å². The van der Waals surface area contributed by atoms with Gasteiger partial charge in [-0.15, -0.1) is 0 Å². The van der Waals surface area contributed by atoms with Crippen LogP contribution in [0.5, 0.6) is 11.5 Å². The number of fused-ring (bicyclic) bond motifs is 1. The molecule has 0 spiro atoms. The lowest BCUT2D eigenvalue weighted by Crippen LogP contribution is -2.39. The molecular formula is C27H28N2O4. The molecule has 1 aliphatic heterocycles. The van der Waals surface area contributed by atoms with Gasteiger partial charge in [-0.25, -0.2) is 0 Å². The molecule has 0 saturated heterocycles. The minimum Gasteiger partial charge on any atom is -0.494 e. The van der Waals surface area contributed by atoms with Gasteiger partial charge in [0.15, 0.2) is 6.61 Å². The summed E-state index contributed by atoms with van der Waals surface area (Å²) in [6.45, 7) is 5.09. The van der Waals surface area contributed by atoms with Crippen molar-refractivity contribution < 1.29 is 19.1 Å². The van der Waals surface area contributed by atoms with Crippen LogP contribution < -0.4 is 19.7 Å². The van der Waals surface area contributed by atoms with E-state index >= 15 is 0 Å². The third-order valence-electron chi connectivity index (χ3n) is 5.58. The van der Waals surface area contributed by atoms with Crippen molar-refractivity contribution >= 4 is 23.2 Å². The van der Waals surface area contributed by atoms with Gasteiger partial charge in [0.25, 0.3) is 11.8 Å². The van der Waals surface area contributed by atoms with Crippen molar-refractivity contribution in [2.45, 2.75) is 26.7 Å². The number of aryl methyl sites for hydroxylation is 2. The Hall–Kier alpha value is -3.80. The first-order valence-corrected chi connectivity index (χ1v) is 11.1. The zero-order valence-corrected chi connectivity index (χ0v) is 19.0. The Morgan fingerprint density at radius 1 is 1.03 bits per heavy atom. The highest BCUT2D eigenvalue weighted by molar-refractivity contribution is 6.06. The lowest BCUT2D eigenvalue weighted by atomic mass is 10.1. The lowest BCUT2D eigenvalue weighted by molar-refractivity contribution is -0.121. The number of hydrogen-bond donors (Lipinski definition) is 1. The molecule has 3 aromatic rings. The molecule has 3 aromatic carbocycles. The van der Waals surface area contributed by atoms with Gasteiger partial charge in [-0.3, -0.25) is 9.59 Å². The SMILES string of the molecule is Cc1cccc(OCCCCN2C(=O)COc3ccc(NC(=O)c4ccccc4C)cc32)c1. The number of ether oxygens (including phenoxy) is 2. The molecule has 170 valence electrons. The fraction of sp³-hybridized carbons (Fsp3) is 0.259. The van der Waals surface area contributed by atoms with Gasteiger partial charge >= 0.3 is 0 Å². The van der Waals surface area contributed by atoms with E-state index in [2.05, 4.69) is 5.32 Å². The van der Waals surface area contributed by atoms with Crippen LogP contribution in [-0.2, 0) is 4.79 Å². The Balaban J connectivity index is 1.38. The summed E-state index contributed by atoms with van der Waals surface area (Å²) >= 11 is 0. The average molecular weight is 445 g/mol. The van der Waals surface area contributed by atoms with Crippen molar-refractivity contribution in [1.82, 2.24) is 0 Å². The molecule has 6 nitrogen and oxygen atoms in total. The van der Waals surface area contributed by atoms with Gasteiger partial charge in [-0.2, -0.15) is 0 Å². The smallest absolute Gasteiger partial charge is 0.265 e. The fourth-order valence-electron chi connectivity index (χ4n) is 3.82. The van der Waals surface area contributed by atoms with E-state index < -0.39 is 0 Å². The third-order valence-corrected chi connectivity index (χ3v) is 5.58. The molecule has 0 aromatic heterocycles. The van der Waals surface area contributed by atoms with Crippen molar-refractivity contribution in [3.05, 3.63) is 83.4 Å². The highest BCUT2D eigenvalue weighted by atomic mass is 16.5. The van der Waals surface area contributed by atoms with E-state index in [0.717, 1.165) is 29.7 Å². The summed E-state index contributed by atoms with van der Waals surface area (Å²) in [5, 5.41) is 2.93. The topological polar surface area (TPSA) is 67.9 Å². The van der Waals surface area contributed by atoms with Crippen LogP contribution in [0, 0.1) is 13.8 Å². The first-order valence-electron chi connectivity index (χ1n) is 11.1. The molecule has 1 heterocycles. The van der Waals surface area contributed by atoms with Gasteiger partial charge in [0.1, 0.15) is 11.5 Å². The maximum atomic E-state index is 12.7. The Morgan fingerprint density at radius 2 is 1.88 bits per heavy atom. The van der Waals surface area contributed by atoms with Crippen LogP contribution in [0.2, 0.25) is 0 Å². The van der Waals surface area contributed by atoms with E-state index in [1.165, 1.54) is 0 Å². The standard InChI is InChI=1S/C27H28N2O4/c1-19-8-7-10-22(16-19)32-15-6-5-14-29-24-17-21(12-13-25(24)33-18-26(29)30)28-27(31)23-11-4-3-9-20(23)2/h3-4,7-13,16-17H,5-6,14-15,18H2,1-2H3,(H,28,31). The van der Waals surface area contributed by atoms with Gasteiger partial charge < -0.3 is 19.7 Å². The Morgan fingerprint density at radius 3 is 2.70 bits per heavy atom. The number of nitrogens with zero attached hydrogens (tertiary/aromatic N) is 1. The maximum Gasteiger partial charge on any atom is 0.265 e. The molecule has 0 saturated carbocycles.